The molecule has 0 saturated heterocycles. The van der Waals surface area contributed by atoms with Crippen molar-refractivity contribution >= 4 is 17.2 Å². The lowest BCUT2D eigenvalue weighted by atomic mass is 10.2. The summed E-state index contributed by atoms with van der Waals surface area (Å²) < 4.78 is 0. The Morgan fingerprint density at radius 2 is 1.95 bits per heavy atom. The van der Waals surface area contributed by atoms with Crippen LogP contribution in [0.1, 0.15) is 20.1 Å². The van der Waals surface area contributed by atoms with Crippen molar-refractivity contribution in [3.63, 3.8) is 0 Å². The van der Waals surface area contributed by atoms with Gasteiger partial charge in [0.15, 0.2) is 0 Å². The van der Waals surface area contributed by atoms with E-state index in [0.29, 0.717) is 19.6 Å². The Bertz CT molecular complexity index is 536. The van der Waals surface area contributed by atoms with E-state index in [1.54, 1.807) is 4.90 Å². The molecule has 1 amide bonds. The fourth-order valence-corrected chi connectivity index (χ4v) is 2.75. The molecule has 4 heteroatoms. The van der Waals surface area contributed by atoms with Crippen molar-refractivity contribution in [3.8, 4) is 0 Å². The minimum absolute atomic E-state index is 0.0624. The van der Waals surface area contributed by atoms with Crippen LogP contribution in [0.5, 0.6) is 0 Å². The first kappa shape index (κ1) is 13.8. The third-order valence-electron chi connectivity index (χ3n) is 2.85. The maximum Gasteiger partial charge on any atom is 0.264 e. The van der Waals surface area contributed by atoms with E-state index in [1.807, 2.05) is 49.4 Å². The molecular weight excluding hydrogens is 256 g/mol. The molecule has 0 radical (unpaired) electrons. The molecule has 2 rings (SSSR count). The van der Waals surface area contributed by atoms with E-state index in [2.05, 4.69) is 0 Å². The van der Waals surface area contributed by atoms with Gasteiger partial charge in [-0.2, -0.15) is 0 Å². The third-order valence-corrected chi connectivity index (χ3v) is 3.84. The highest BCUT2D eigenvalue weighted by Gasteiger charge is 2.16. The molecule has 0 saturated carbocycles. The molecule has 0 unspecified atom stereocenters. The Hall–Kier alpha value is -1.65. The van der Waals surface area contributed by atoms with Gasteiger partial charge in [0.25, 0.3) is 5.91 Å². The van der Waals surface area contributed by atoms with E-state index in [9.17, 15) is 4.79 Å². The summed E-state index contributed by atoms with van der Waals surface area (Å²) in [5.41, 5.74) is 6.74. The molecule has 100 valence electrons. The summed E-state index contributed by atoms with van der Waals surface area (Å²) in [4.78, 5) is 16.2. The van der Waals surface area contributed by atoms with Crippen LogP contribution in [0.3, 0.4) is 0 Å². The van der Waals surface area contributed by atoms with E-state index in [0.717, 1.165) is 15.3 Å². The van der Waals surface area contributed by atoms with Gasteiger partial charge in [0.05, 0.1) is 4.88 Å². The molecule has 1 aromatic carbocycles. The first-order valence-electron chi connectivity index (χ1n) is 6.30. The van der Waals surface area contributed by atoms with Crippen LogP contribution in [0, 0.1) is 6.92 Å². The molecule has 0 fully saturated rings. The van der Waals surface area contributed by atoms with E-state index in [4.69, 9.17) is 5.73 Å². The average molecular weight is 274 g/mol. The second-order valence-corrected chi connectivity index (χ2v) is 5.70. The summed E-state index contributed by atoms with van der Waals surface area (Å²) in [6, 6.07) is 13.8. The number of nitrogens with two attached hydrogens (primary N) is 1. The first-order chi connectivity index (χ1) is 9.20. The van der Waals surface area contributed by atoms with E-state index >= 15 is 0 Å². The Labute approximate surface area is 117 Å². The van der Waals surface area contributed by atoms with E-state index in [-0.39, 0.29) is 5.91 Å². The Morgan fingerprint density at radius 1 is 1.21 bits per heavy atom. The molecular formula is C15H18N2OS. The largest absolute Gasteiger partial charge is 0.332 e. The van der Waals surface area contributed by atoms with Crippen LogP contribution in [-0.2, 0) is 6.54 Å². The molecule has 0 aliphatic rings. The van der Waals surface area contributed by atoms with Gasteiger partial charge in [0, 0.05) is 24.5 Å². The lowest BCUT2D eigenvalue weighted by Crippen LogP contribution is -2.34. The van der Waals surface area contributed by atoms with Crippen LogP contribution in [0.15, 0.2) is 42.5 Å². The molecule has 0 atom stereocenters. The summed E-state index contributed by atoms with van der Waals surface area (Å²) in [5, 5.41) is 0. The van der Waals surface area contributed by atoms with Crippen LogP contribution < -0.4 is 5.73 Å². The van der Waals surface area contributed by atoms with Crippen molar-refractivity contribution in [1.82, 2.24) is 4.90 Å². The Kier molecular flexibility index (Phi) is 4.71. The smallest absolute Gasteiger partial charge is 0.264 e. The molecule has 0 aliphatic carbocycles. The van der Waals surface area contributed by atoms with E-state index < -0.39 is 0 Å². The van der Waals surface area contributed by atoms with Gasteiger partial charge in [0.2, 0.25) is 0 Å². The first-order valence-corrected chi connectivity index (χ1v) is 7.12. The zero-order chi connectivity index (χ0) is 13.7. The van der Waals surface area contributed by atoms with Gasteiger partial charge in [-0.3, -0.25) is 4.79 Å². The zero-order valence-corrected chi connectivity index (χ0v) is 11.8. The lowest BCUT2D eigenvalue weighted by Gasteiger charge is -2.21. The number of benzene rings is 1. The number of carbonyl (C=O) groups excluding carboxylic acids is 1. The second kappa shape index (κ2) is 6.50. The summed E-state index contributed by atoms with van der Waals surface area (Å²) >= 11 is 1.53. The van der Waals surface area contributed by atoms with Crippen molar-refractivity contribution in [2.75, 3.05) is 13.1 Å². The predicted octanol–water partition coefficient (Wildman–Crippen LogP) is 2.66. The standard InChI is InChI=1S/C15H18N2OS/c1-12-7-8-14(19-12)15(18)17(10-9-16)11-13-5-3-2-4-6-13/h2-8H,9-11,16H2,1H3. The highest BCUT2D eigenvalue weighted by Crippen LogP contribution is 2.18. The molecule has 2 N–H and O–H groups in total. The van der Waals surface area contributed by atoms with Crippen molar-refractivity contribution < 1.29 is 4.79 Å². The van der Waals surface area contributed by atoms with Crippen LogP contribution in [0.2, 0.25) is 0 Å². The molecule has 1 aromatic heterocycles. The van der Waals surface area contributed by atoms with Crippen LogP contribution >= 0.6 is 11.3 Å². The van der Waals surface area contributed by atoms with Gasteiger partial charge >= 0.3 is 0 Å². The van der Waals surface area contributed by atoms with Gasteiger partial charge in [-0.15, -0.1) is 11.3 Å². The molecule has 3 nitrogen and oxygen atoms in total. The summed E-state index contributed by atoms with van der Waals surface area (Å²) in [7, 11) is 0. The number of rotatable bonds is 5. The van der Waals surface area contributed by atoms with Crippen LogP contribution in [0.25, 0.3) is 0 Å². The second-order valence-electron chi connectivity index (χ2n) is 4.41. The van der Waals surface area contributed by atoms with Gasteiger partial charge in [-0.1, -0.05) is 30.3 Å². The van der Waals surface area contributed by atoms with Gasteiger partial charge < -0.3 is 10.6 Å². The van der Waals surface area contributed by atoms with Crippen molar-refractivity contribution in [2.45, 2.75) is 13.5 Å². The monoisotopic (exact) mass is 274 g/mol. The van der Waals surface area contributed by atoms with E-state index in [1.165, 1.54) is 11.3 Å². The normalized spacial score (nSPS) is 10.4. The maximum atomic E-state index is 12.4. The minimum Gasteiger partial charge on any atom is -0.332 e. The number of carbonyl (C=O) groups is 1. The van der Waals surface area contributed by atoms with Gasteiger partial charge in [-0.05, 0) is 24.6 Å². The number of aryl methyl sites for hydroxylation is 1. The molecule has 0 bridgehead atoms. The fourth-order valence-electron chi connectivity index (χ4n) is 1.92. The molecule has 1 heterocycles. The topological polar surface area (TPSA) is 46.3 Å². The van der Waals surface area contributed by atoms with Crippen molar-refractivity contribution in [3.05, 3.63) is 57.8 Å². The number of nitrogens with zero attached hydrogens (tertiary/aromatic N) is 1. The number of thiophene rings is 1. The van der Waals surface area contributed by atoms with Crippen molar-refractivity contribution in [1.29, 1.82) is 0 Å². The molecule has 0 aliphatic heterocycles. The van der Waals surface area contributed by atoms with Crippen molar-refractivity contribution in [2.24, 2.45) is 5.73 Å². The quantitative estimate of drug-likeness (QED) is 0.911. The summed E-state index contributed by atoms with van der Waals surface area (Å²) in [6.45, 7) is 3.66. The van der Waals surface area contributed by atoms with Gasteiger partial charge in [0.1, 0.15) is 0 Å². The zero-order valence-electron chi connectivity index (χ0n) is 11.0. The Balaban J connectivity index is 2.13. The fraction of sp³-hybridized carbons (Fsp3) is 0.267. The minimum atomic E-state index is 0.0624. The van der Waals surface area contributed by atoms with Crippen LogP contribution in [0.4, 0.5) is 0 Å². The SMILES string of the molecule is Cc1ccc(C(=O)N(CCN)Cc2ccccc2)s1. The number of hydrogen-bond donors (Lipinski definition) is 1. The number of hydrogen-bond acceptors (Lipinski definition) is 3. The third kappa shape index (κ3) is 3.66. The molecule has 19 heavy (non-hydrogen) atoms. The summed E-state index contributed by atoms with van der Waals surface area (Å²) in [5.74, 6) is 0.0624. The predicted molar refractivity (Wildman–Crippen MR) is 79.3 cm³/mol. The maximum absolute atomic E-state index is 12.4. The average Bonchev–Trinajstić information content (AvgIpc) is 2.85. The lowest BCUT2D eigenvalue weighted by molar-refractivity contribution is 0.0753. The molecule has 2 aromatic rings. The molecule has 0 spiro atoms. The highest BCUT2D eigenvalue weighted by molar-refractivity contribution is 7.13. The van der Waals surface area contributed by atoms with Crippen LogP contribution in [-0.4, -0.2) is 23.9 Å². The highest BCUT2D eigenvalue weighted by atomic mass is 32.1. The summed E-state index contributed by atoms with van der Waals surface area (Å²) in [6.07, 6.45) is 0. The van der Waals surface area contributed by atoms with Gasteiger partial charge in [-0.25, -0.2) is 0 Å². The number of amides is 1. The Morgan fingerprint density at radius 3 is 2.53 bits per heavy atom.